The maximum Gasteiger partial charge on any atom is 0.472 e. The Morgan fingerprint density at radius 1 is 0.604 bits per heavy atom. The number of rotatable bonds is 41. The highest BCUT2D eigenvalue weighted by atomic mass is 31.2. The van der Waals surface area contributed by atoms with Crippen LogP contribution in [0.4, 0.5) is 0 Å². The van der Waals surface area contributed by atoms with Gasteiger partial charge in [0.2, 0.25) is 0 Å². The molecule has 0 saturated carbocycles. The summed E-state index contributed by atoms with van der Waals surface area (Å²) in [4.78, 5) is 34.9. The lowest BCUT2D eigenvalue weighted by Gasteiger charge is -2.20. The first kappa shape index (κ1) is 51.5. The molecular weight excluding hydrogens is 695 g/mol. The molecule has 0 aromatic rings. The Balaban J connectivity index is 4.29. The van der Waals surface area contributed by atoms with E-state index in [0.717, 1.165) is 57.8 Å². The Hall–Kier alpha value is -1.55. The molecule has 0 aromatic heterocycles. The van der Waals surface area contributed by atoms with E-state index in [0.29, 0.717) is 12.8 Å². The van der Waals surface area contributed by atoms with Crippen LogP contribution in [0.2, 0.25) is 0 Å². The van der Waals surface area contributed by atoms with Gasteiger partial charge in [0.25, 0.3) is 0 Å². The summed E-state index contributed by atoms with van der Waals surface area (Å²) < 4.78 is 32.7. The Bertz CT molecular complexity index is 928. The standard InChI is InChI=1S/C42H79O10P/c1-3-5-7-9-11-13-15-17-19-21-23-25-27-29-31-33-41(45)49-37-40(38-51-53(47,48)50-36-39(44)35-43)52-42(46)34-32-30-28-26-24-22-20-18-16-14-12-10-8-6-4-2/h4,17,19,39-40,43-44H,2-3,5-16,18,20-38H2,1H3,(H,47,48)/b19-17+/t39-,40+/m0/s1. The van der Waals surface area contributed by atoms with Gasteiger partial charge >= 0.3 is 19.8 Å². The molecule has 312 valence electrons. The molecule has 0 aromatic carbocycles. The monoisotopic (exact) mass is 775 g/mol. The van der Waals surface area contributed by atoms with Crippen molar-refractivity contribution in [2.24, 2.45) is 0 Å². The lowest BCUT2D eigenvalue weighted by molar-refractivity contribution is -0.161. The molecule has 0 fully saturated rings. The molecule has 0 spiro atoms. The zero-order valence-electron chi connectivity index (χ0n) is 33.6. The molecule has 3 atom stereocenters. The SMILES string of the molecule is C=CCCCCCCCCCCCCCCCC(=O)O[C@H](COC(=O)CCCCCCC/C=C/CCCCCCCC)COP(=O)(O)OC[C@@H](O)CO. The number of aliphatic hydroxyl groups is 2. The van der Waals surface area contributed by atoms with Crippen LogP contribution in [0.5, 0.6) is 0 Å². The molecule has 0 amide bonds. The number of phosphoric acid groups is 1. The van der Waals surface area contributed by atoms with Gasteiger partial charge in [-0.3, -0.25) is 18.6 Å². The third kappa shape index (κ3) is 38.5. The van der Waals surface area contributed by atoms with Crippen molar-refractivity contribution in [3.05, 3.63) is 24.8 Å². The van der Waals surface area contributed by atoms with Crippen molar-refractivity contribution in [2.45, 2.75) is 205 Å². The molecule has 0 aliphatic heterocycles. The molecule has 3 N–H and O–H groups in total. The number of phosphoric ester groups is 1. The minimum Gasteiger partial charge on any atom is -0.462 e. The third-order valence-corrected chi connectivity index (χ3v) is 10.2. The van der Waals surface area contributed by atoms with Gasteiger partial charge in [0.15, 0.2) is 6.10 Å². The van der Waals surface area contributed by atoms with Gasteiger partial charge in [-0.2, -0.15) is 0 Å². The van der Waals surface area contributed by atoms with Gasteiger partial charge in [0.05, 0.1) is 19.8 Å². The van der Waals surface area contributed by atoms with E-state index in [9.17, 15) is 24.2 Å². The van der Waals surface area contributed by atoms with Gasteiger partial charge in [-0.05, 0) is 51.4 Å². The number of esters is 2. The maximum absolute atomic E-state index is 12.6. The van der Waals surface area contributed by atoms with Crippen molar-refractivity contribution in [2.75, 3.05) is 26.4 Å². The van der Waals surface area contributed by atoms with E-state index in [-0.39, 0.29) is 19.4 Å². The Kier molecular flexibility index (Phi) is 37.6. The van der Waals surface area contributed by atoms with E-state index < -0.39 is 51.8 Å². The summed E-state index contributed by atoms with van der Waals surface area (Å²) in [5.74, 6) is -0.932. The summed E-state index contributed by atoms with van der Waals surface area (Å²) in [5.41, 5.74) is 0. The van der Waals surface area contributed by atoms with Crippen LogP contribution in [0.1, 0.15) is 193 Å². The lowest BCUT2D eigenvalue weighted by Crippen LogP contribution is -2.29. The fourth-order valence-corrected chi connectivity index (χ4v) is 6.70. The number of unbranched alkanes of at least 4 members (excludes halogenated alkanes) is 24. The Morgan fingerprint density at radius 2 is 1.02 bits per heavy atom. The number of carbonyl (C=O) groups is 2. The molecular formula is C42H79O10P. The highest BCUT2D eigenvalue weighted by Crippen LogP contribution is 2.43. The molecule has 0 saturated heterocycles. The molecule has 0 heterocycles. The van der Waals surface area contributed by atoms with E-state index in [1.807, 2.05) is 6.08 Å². The second-order valence-electron chi connectivity index (χ2n) is 14.4. The van der Waals surface area contributed by atoms with Crippen LogP contribution in [-0.4, -0.2) is 65.7 Å². The van der Waals surface area contributed by atoms with Crippen LogP contribution in [-0.2, 0) is 32.7 Å². The number of aliphatic hydroxyl groups excluding tert-OH is 2. The summed E-state index contributed by atoms with van der Waals surface area (Å²) >= 11 is 0. The number of hydrogen-bond donors (Lipinski definition) is 3. The lowest BCUT2D eigenvalue weighted by atomic mass is 10.0. The summed E-state index contributed by atoms with van der Waals surface area (Å²) in [6, 6.07) is 0. The number of carbonyl (C=O) groups excluding carboxylic acids is 2. The van der Waals surface area contributed by atoms with Crippen LogP contribution < -0.4 is 0 Å². The van der Waals surface area contributed by atoms with E-state index >= 15 is 0 Å². The fourth-order valence-electron chi connectivity index (χ4n) is 5.91. The predicted molar refractivity (Wildman–Crippen MR) is 215 cm³/mol. The van der Waals surface area contributed by atoms with Gasteiger partial charge in [-0.25, -0.2) is 4.57 Å². The van der Waals surface area contributed by atoms with Crippen LogP contribution in [0.25, 0.3) is 0 Å². The van der Waals surface area contributed by atoms with Gasteiger partial charge in [0, 0.05) is 12.8 Å². The molecule has 0 rings (SSSR count). The van der Waals surface area contributed by atoms with Crippen LogP contribution in [0, 0.1) is 0 Å². The van der Waals surface area contributed by atoms with Crippen molar-refractivity contribution in [3.8, 4) is 0 Å². The van der Waals surface area contributed by atoms with Crippen molar-refractivity contribution in [3.63, 3.8) is 0 Å². The predicted octanol–water partition coefficient (Wildman–Crippen LogP) is 11.0. The van der Waals surface area contributed by atoms with Crippen molar-refractivity contribution in [1.82, 2.24) is 0 Å². The number of allylic oxidation sites excluding steroid dienone is 3. The van der Waals surface area contributed by atoms with Gasteiger partial charge in [-0.1, -0.05) is 147 Å². The average Bonchev–Trinajstić information content (AvgIpc) is 3.14. The topological polar surface area (TPSA) is 149 Å². The highest BCUT2D eigenvalue weighted by molar-refractivity contribution is 7.47. The second kappa shape index (κ2) is 38.7. The van der Waals surface area contributed by atoms with E-state index in [1.54, 1.807) is 0 Å². The maximum atomic E-state index is 12.6. The molecule has 11 heteroatoms. The number of hydrogen-bond acceptors (Lipinski definition) is 9. The van der Waals surface area contributed by atoms with Gasteiger partial charge < -0.3 is 24.6 Å². The zero-order valence-corrected chi connectivity index (χ0v) is 34.5. The smallest absolute Gasteiger partial charge is 0.462 e. The summed E-state index contributed by atoms with van der Waals surface area (Å²) in [7, 11) is -4.61. The Labute approximate surface area is 323 Å². The van der Waals surface area contributed by atoms with Crippen molar-refractivity contribution in [1.29, 1.82) is 0 Å². The van der Waals surface area contributed by atoms with E-state index in [2.05, 4.69) is 30.2 Å². The first-order valence-corrected chi connectivity index (χ1v) is 22.7. The second-order valence-corrected chi connectivity index (χ2v) is 15.9. The summed E-state index contributed by atoms with van der Waals surface area (Å²) in [6.07, 6.45) is 36.0. The third-order valence-electron chi connectivity index (χ3n) is 9.22. The summed E-state index contributed by atoms with van der Waals surface area (Å²) in [6.45, 7) is 3.89. The molecule has 0 aliphatic carbocycles. The fraction of sp³-hybridized carbons (Fsp3) is 0.857. The zero-order chi connectivity index (χ0) is 39.1. The molecule has 0 bridgehead atoms. The van der Waals surface area contributed by atoms with Crippen molar-refractivity contribution < 1.29 is 47.8 Å². The minimum atomic E-state index is -4.61. The van der Waals surface area contributed by atoms with Crippen LogP contribution in [0.3, 0.4) is 0 Å². The van der Waals surface area contributed by atoms with E-state index in [1.165, 1.54) is 103 Å². The highest BCUT2D eigenvalue weighted by Gasteiger charge is 2.27. The first-order chi connectivity index (χ1) is 25.7. The van der Waals surface area contributed by atoms with Crippen molar-refractivity contribution >= 4 is 19.8 Å². The number of ether oxygens (including phenoxy) is 2. The normalized spacial score (nSPS) is 13.9. The average molecular weight is 775 g/mol. The van der Waals surface area contributed by atoms with Gasteiger partial charge in [-0.15, -0.1) is 6.58 Å². The molecule has 0 radical (unpaired) electrons. The quantitative estimate of drug-likeness (QED) is 0.0237. The Morgan fingerprint density at radius 3 is 1.49 bits per heavy atom. The molecule has 1 unspecified atom stereocenters. The van der Waals surface area contributed by atoms with Crippen LogP contribution >= 0.6 is 7.82 Å². The largest absolute Gasteiger partial charge is 0.472 e. The first-order valence-electron chi connectivity index (χ1n) is 21.3. The minimum absolute atomic E-state index is 0.183. The van der Waals surface area contributed by atoms with Crippen LogP contribution in [0.15, 0.2) is 24.8 Å². The molecule has 0 aliphatic rings. The summed E-state index contributed by atoms with van der Waals surface area (Å²) in [5, 5.41) is 18.3. The van der Waals surface area contributed by atoms with Gasteiger partial charge in [0.1, 0.15) is 12.7 Å². The molecule has 53 heavy (non-hydrogen) atoms. The van der Waals surface area contributed by atoms with E-state index in [4.69, 9.17) is 19.1 Å². The molecule has 10 nitrogen and oxygen atoms in total.